The molecule has 0 heterocycles. The molecule has 1 rings (SSSR count). The van der Waals surface area contributed by atoms with Gasteiger partial charge in [-0.25, -0.2) is 13.1 Å². The maximum atomic E-state index is 12.1. The van der Waals surface area contributed by atoms with E-state index in [1.807, 2.05) is 6.92 Å². The molecule has 0 aliphatic carbocycles. The van der Waals surface area contributed by atoms with Crippen LogP contribution in [0.2, 0.25) is 0 Å². The third-order valence-electron chi connectivity index (χ3n) is 2.62. The Bertz CT molecular complexity index is 516. The molecule has 0 aliphatic heterocycles. The molecule has 18 heavy (non-hydrogen) atoms. The van der Waals surface area contributed by atoms with Gasteiger partial charge in [-0.15, -0.1) is 0 Å². The van der Waals surface area contributed by atoms with Gasteiger partial charge in [-0.1, -0.05) is 26.8 Å². The summed E-state index contributed by atoms with van der Waals surface area (Å²) in [5, 5.41) is 0. The molecule has 0 unspecified atom stereocenters. The highest BCUT2D eigenvalue weighted by Crippen LogP contribution is 2.21. The molecule has 102 valence electrons. The Labute approximate surface area is 110 Å². The largest absolute Gasteiger partial charge is 0.398 e. The number of nitrogens with one attached hydrogen (secondary N) is 1. The van der Waals surface area contributed by atoms with Crippen LogP contribution in [-0.4, -0.2) is 15.0 Å². The van der Waals surface area contributed by atoms with Crippen LogP contribution in [0.4, 0.5) is 5.69 Å². The van der Waals surface area contributed by atoms with Crippen LogP contribution in [0.3, 0.4) is 0 Å². The van der Waals surface area contributed by atoms with Crippen molar-refractivity contribution in [2.45, 2.75) is 39.0 Å². The number of nitrogens with two attached hydrogens (primary N) is 1. The van der Waals surface area contributed by atoms with Gasteiger partial charge in [0, 0.05) is 6.54 Å². The molecule has 1 aromatic rings. The van der Waals surface area contributed by atoms with Crippen molar-refractivity contribution in [2.24, 2.45) is 5.41 Å². The normalized spacial score (nSPS) is 12.7. The Morgan fingerprint density at radius 2 is 1.89 bits per heavy atom. The first-order valence-electron chi connectivity index (χ1n) is 5.98. The number of nitrogen functional groups attached to an aromatic ring is 1. The first-order valence-corrected chi connectivity index (χ1v) is 7.46. The molecular formula is C13H22N2O2S. The van der Waals surface area contributed by atoms with Gasteiger partial charge in [0.25, 0.3) is 0 Å². The number of hydrogen-bond donors (Lipinski definition) is 2. The molecule has 0 spiro atoms. The van der Waals surface area contributed by atoms with Crippen LogP contribution >= 0.6 is 0 Å². The van der Waals surface area contributed by atoms with Crippen molar-refractivity contribution >= 4 is 15.7 Å². The summed E-state index contributed by atoms with van der Waals surface area (Å²) in [5.41, 5.74) is 7.08. The number of sulfonamides is 1. The second kappa shape index (κ2) is 5.28. The predicted molar refractivity (Wildman–Crippen MR) is 74.9 cm³/mol. The van der Waals surface area contributed by atoms with Crippen molar-refractivity contribution < 1.29 is 8.42 Å². The summed E-state index contributed by atoms with van der Waals surface area (Å²) >= 11 is 0. The zero-order valence-corrected chi connectivity index (χ0v) is 12.3. The van der Waals surface area contributed by atoms with E-state index in [4.69, 9.17) is 5.73 Å². The summed E-state index contributed by atoms with van der Waals surface area (Å²) < 4.78 is 26.7. The fourth-order valence-corrected chi connectivity index (χ4v) is 2.69. The topological polar surface area (TPSA) is 72.2 Å². The van der Waals surface area contributed by atoms with Crippen LogP contribution in [0, 0.1) is 12.3 Å². The summed E-state index contributed by atoms with van der Waals surface area (Å²) in [6.45, 7) is 8.50. The summed E-state index contributed by atoms with van der Waals surface area (Å²) in [6, 6.07) is 4.96. The zero-order valence-electron chi connectivity index (χ0n) is 11.4. The molecule has 5 heteroatoms. The minimum absolute atomic E-state index is 0.0986. The molecule has 4 nitrogen and oxygen atoms in total. The van der Waals surface area contributed by atoms with Gasteiger partial charge in [-0.2, -0.15) is 0 Å². The highest BCUT2D eigenvalue weighted by Gasteiger charge is 2.18. The lowest BCUT2D eigenvalue weighted by Crippen LogP contribution is -2.28. The molecular weight excluding hydrogens is 248 g/mol. The molecule has 0 bridgehead atoms. The van der Waals surface area contributed by atoms with E-state index in [-0.39, 0.29) is 10.3 Å². The van der Waals surface area contributed by atoms with E-state index in [9.17, 15) is 8.42 Å². The van der Waals surface area contributed by atoms with E-state index in [0.29, 0.717) is 12.2 Å². The third kappa shape index (κ3) is 4.31. The molecule has 0 aromatic heterocycles. The van der Waals surface area contributed by atoms with Gasteiger partial charge in [0.05, 0.1) is 5.69 Å². The maximum Gasteiger partial charge on any atom is 0.242 e. The molecule has 0 fully saturated rings. The standard InChI is InChI=1S/C13H22N2O2S/c1-10-5-6-12(11(14)9-10)18(16,17)15-8-7-13(2,3)4/h5-6,9,15H,7-8,14H2,1-4H3. The third-order valence-corrected chi connectivity index (χ3v) is 4.16. The van der Waals surface area contributed by atoms with Gasteiger partial charge in [0.1, 0.15) is 4.90 Å². The molecule has 1 aromatic carbocycles. The fourth-order valence-electron chi connectivity index (χ4n) is 1.55. The Morgan fingerprint density at radius 3 is 2.39 bits per heavy atom. The van der Waals surface area contributed by atoms with E-state index in [2.05, 4.69) is 25.5 Å². The fraction of sp³-hybridized carbons (Fsp3) is 0.538. The molecule has 0 saturated heterocycles. The van der Waals surface area contributed by atoms with Gasteiger partial charge in [-0.05, 0) is 36.5 Å². The average Bonchev–Trinajstić information content (AvgIpc) is 2.13. The monoisotopic (exact) mass is 270 g/mol. The number of aryl methyl sites for hydroxylation is 1. The number of anilines is 1. The second-order valence-corrected chi connectivity index (χ2v) is 7.49. The Hall–Kier alpha value is -1.07. The zero-order chi connectivity index (χ0) is 14.0. The van der Waals surface area contributed by atoms with Crippen LogP contribution in [0.15, 0.2) is 23.1 Å². The quantitative estimate of drug-likeness (QED) is 0.825. The maximum absolute atomic E-state index is 12.1. The second-order valence-electron chi connectivity index (χ2n) is 5.75. The minimum Gasteiger partial charge on any atom is -0.398 e. The van der Waals surface area contributed by atoms with Gasteiger partial charge in [-0.3, -0.25) is 0 Å². The summed E-state index contributed by atoms with van der Waals surface area (Å²) in [7, 11) is -3.51. The van der Waals surface area contributed by atoms with E-state index >= 15 is 0 Å². The van der Waals surface area contributed by atoms with Crippen molar-refractivity contribution in [3.05, 3.63) is 23.8 Å². The number of benzene rings is 1. The van der Waals surface area contributed by atoms with E-state index in [1.54, 1.807) is 18.2 Å². The molecule has 0 amide bonds. The average molecular weight is 270 g/mol. The molecule has 0 radical (unpaired) electrons. The molecule has 0 saturated carbocycles. The number of rotatable bonds is 4. The number of hydrogen-bond acceptors (Lipinski definition) is 3. The van der Waals surface area contributed by atoms with Crippen LogP contribution in [0.1, 0.15) is 32.8 Å². The molecule has 0 atom stereocenters. The van der Waals surface area contributed by atoms with Gasteiger partial charge < -0.3 is 5.73 Å². The van der Waals surface area contributed by atoms with E-state index in [1.165, 1.54) is 0 Å². The Kier molecular flexibility index (Phi) is 4.40. The highest BCUT2D eigenvalue weighted by atomic mass is 32.2. The lowest BCUT2D eigenvalue weighted by atomic mass is 9.93. The van der Waals surface area contributed by atoms with Crippen molar-refractivity contribution in [3.63, 3.8) is 0 Å². The summed E-state index contributed by atoms with van der Waals surface area (Å²) in [5.74, 6) is 0. The van der Waals surface area contributed by atoms with Crippen LogP contribution in [0.25, 0.3) is 0 Å². The van der Waals surface area contributed by atoms with Crippen molar-refractivity contribution in [3.8, 4) is 0 Å². The Balaban J connectivity index is 2.81. The lowest BCUT2D eigenvalue weighted by Gasteiger charge is -2.18. The lowest BCUT2D eigenvalue weighted by molar-refractivity contribution is 0.378. The Morgan fingerprint density at radius 1 is 1.28 bits per heavy atom. The van der Waals surface area contributed by atoms with Crippen LogP contribution in [0.5, 0.6) is 0 Å². The van der Waals surface area contributed by atoms with E-state index in [0.717, 1.165) is 12.0 Å². The van der Waals surface area contributed by atoms with Gasteiger partial charge in [0.2, 0.25) is 10.0 Å². The van der Waals surface area contributed by atoms with Gasteiger partial charge >= 0.3 is 0 Å². The SMILES string of the molecule is Cc1ccc(S(=O)(=O)NCCC(C)(C)C)c(N)c1. The van der Waals surface area contributed by atoms with Crippen LogP contribution < -0.4 is 10.5 Å². The molecule has 3 N–H and O–H groups in total. The van der Waals surface area contributed by atoms with Crippen LogP contribution in [-0.2, 0) is 10.0 Å². The summed E-state index contributed by atoms with van der Waals surface area (Å²) in [6.07, 6.45) is 0.776. The highest BCUT2D eigenvalue weighted by molar-refractivity contribution is 7.89. The first-order chi connectivity index (χ1) is 8.12. The summed E-state index contributed by atoms with van der Waals surface area (Å²) in [4.78, 5) is 0.155. The van der Waals surface area contributed by atoms with Crippen molar-refractivity contribution in [2.75, 3.05) is 12.3 Å². The smallest absolute Gasteiger partial charge is 0.242 e. The van der Waals surface area contributed by atoms with E-state index < -0.39 is 10.0 Å². The molecule has 0 aliphatic rings. The van der Waals surface area contributed by atoms with Crippen molar-refractivity contribution in [1.29, 1.82) is 0 Å². The minimum atomic E-state index is -3.51. The van der Waals surface area contributed by atoms with Crippen molar-refractivity contribution in [1.82, 2.24) is 4.72 Å². The predicted octanol–water partition coefficient (Wildman–Crippen LogP) is 2.29. The first kappa shape index (κ1) is 15.0. The van der Waals surface area contributed by atoms with Gasteiger partial charge in [0.15, 0.2) is 0 Å².